The normalized spacial score (nSPS) is 10.9. The molecule has 0 fully saturated rings. The third kappa shape index (κ3) is 1.62. The molecule has 0 amide bonds. The lowest BCUT2D eigenvalue weighted by molar-refractivity contribution is 0.897. The monoisotopic (exact) mass is 244 g/mol. The highest BCUT2D eigenvalue weighted by molar-refractivity contribution is 6.31. The van der Waals surface area contributed by atoms with Crippen LogP contribution in [0.3, 0.4) is 0 Å². The maximum absolute atomic E-state index is 5.94. The van der Waals surface area contributed by atoms with Crippen molar-refractivity contribution < 1.29 is 0 Å². The summed E-state index contributed by atoms with van der Waals surface area (Å²) < 4.78 is 1.68. The predicted octanol–water partition coefficient (Wildman–Crippen LogP) is 2.66. The molecule has 0 saturated carbocycles. The van der Waals surface area contributed by atoms with E-state index in [1.54, 1.807) is 23.1 Å². The van der Waals surface area contributed by atoms with E-state index in [2.05, 4.69) is 10.1 Å². The van der Waals surface area contributed by atoms with Gasteiger partial charge in [-0.2, -0.15) is 5.10 Å². The highest BCUT2D eigenvalue weighted by Crippen LogP contribution is 2.24. The number of anilines is 1. The molecule has 0 aliphatic rings. The van der Waals surface area contributed by atoms with Crippen molar-refractivity contribution in [3.63, 3.8) is 0 Å². The Morgan fingerprint density at radius 3 is 2.76 bits per heavy atom. The van der Waals surface area contributed by atoms with Crippen LogP contribution in [0, 0.1) is 0 Å². The number of hydrogen-bond donors (Lipinski definition) is 1. The summed E-state index contributed by atoms with van der Waals surface area (Å²) in [5.74, 6) is 0.590. The topological polar surface area (TPSA) is 56.7 Å². The molecule has 3 aromatic rings. The third-order valence-corrected chi connectivity index (χ3v) is 2.82. The fraction of sp³-hybridized carbons (Fsp3) is 0. The Bertz CT molecular complexity index is 690. The molecule has 17 heavy (non-hydrogen) atoms. The van der Waals surface area contributed by atoms with Crippen LogP contribution >= 0.6 is 11.6 Å². The van der Waals surface area contributed by atoms with E-state index in [1.165, 1.54) is 0 Å². The number of halogens is 1. The van der Waals surface area contributed by atoms with Crippen LogP contribution in [0.2, 0.25) is 5.02 Å². The molecule has 2 heterocycles. The standard InChI is InChI=1S/C12H9ClN4/c13-8-1-2-9-10(7-8)15-5-3-11(9)17-12(14)4-6-16-17/h1-7H,14H2. The van der Waals surface area contributed by atoms with Crippen LogP contribution in [0.25, 0.3) is 16.6 Å². The first-order valence-corrected chi connectivity index (χ1v) is 5.47. The van der Waals surface area contributed by atoms with E-state index >= 15 is 0 Å². The number of pyridine rings is 1. The van der Waals surface area contributed by atoms with Gasteiger partial charge < -0.3 is 5.73 Å². The SMILES string of the molecule is Nc1ccnn1-c1ccnc2cc(Cl)ccc12. The summed E-state index contributed by atoms with van der Waals surface area (Å²) in [5.41, 5.74) is 7.57. The molecule has 4 nitrogen and oxygen atoms in total. The van der Waals surface area contributed by atoms with Crippen LogP contribution in [0.1, 0.15) is 0 Å². The number of aromatic nitrogens is 3. The summed E-state index contributed by atoms with van der Waals surface area (Å²) in [7, 11) is 0. The summed E-state index contributed by atoms with van der Waals surface area (Å²) in [6.07, 6.45) is 3.38. The van der Waals surface area contributed by atoms with Gasteiger partial charge >= 0.3 is 0 Å². The van der Waals surface area contributed by atoms with Crippen molar-refractivity contribution in [2.75, 3.05) is 5.73 Å². The van der Waals surface area contributed by atoms with Crippen LogP contribution in [0.15, 0.2) is 42.7 Å². The highest BCUT2D eigenvalue weighted by atomic mass is 35.5. The summed E-state index contributed by atoms with van der Waals surface area (Å²) in [5, 5.41) is 5.82. The molecule has 2 aromatic heterocycles. The van der Waals surface area contributed by atoms with Gasteiger partial charge in [0.1, 0.15) is 5.82 Å². The number of rotatable bonds is 1. The number of nitrogen functional groups attached to an aromatic ring is 1. The fourth-order valence-electron chi connectivity index (χ4n) is 1.81. The van der Waals surface area contributed by atoms with E-state index in [0.717, 1.165) is 16.6 Å². The van der Waals surface area contributed by atoms with Crippen molar-refractivity contribution in [3.8, 4) is 5.69 Å². The van der Waals surface area contributed by atoms with Crippen molar-refractivity contribution in [2.45, 2.75) is 0 Å². The maximum atomic E-state index is 5.94. The van der Waals surface area contributed by atoms with E-state index in [0.29, 0.717) is 10.8 Å². The zero-order chi connectivity index (χ0) is 11.8. The van der Waals surface area contributed by atoms with Gasteiger partial charge in [0.25, 0.3) is 0 Å². The van der Waals surface area contributed by atoms with Crippen LogP contribution in [-0.2, 0) is 0 Å². The second-order valence-corrected chi connectivity index (χ2v) is 4.10. The van der Waals surface area contributed by atoms with E-state index < -0.39 is 0 Å². The van der Waals surface area contributed by atoms with Crippen molar-refractivity contribution in [1.82, 2.24) is 14.8 Å². The molecule has 84 valence electrons. The second kappa shape index (κ2) is 3.75. The van der Waals surface area contributed by atoms with Gasteiger partial charge in [-0.25, -0.2) is 4.68 Å². The van der Waals surface area contributed by atoms with E-state index in [1.807, 2.05) is 24.3 Å². The molecule has 3 rings (SSSR count). The molecule has 0 radical (unpaired) electrons. The first kappa shape index (κ1) is 10.1. The van der Waals surface area contributed by atoms with Crippen LogP contribution in [-0.4, -0.2) is 14.8 Å². The molecule has 0 bridgehead atoms. The first-order chi connectivity index (χ1) is 8.25. The number of hydrogen-bond acceptors (Lipinski definition) is 3. The number of fused-ring (bicyclic) bond motifs is 1. The lowest BCUT2D eigenvalue weighted by atomic mass is 10.2. The molecule has 0 saturated heterocycles. The minimum absolute atomic E-state index is 0.590. The van der Waals surface area contributed by atoms with Crippen molar-refractivity contribution in [1.29, 1.82) is 0 Å². The fourth-order valence-corrected chi connectivity index (χ4v) is 1.97. The molecule has 0 aliphatic heterocycles. The van der Waals surface area contributed by atoms with Crippen molar-refractivity contribution in [3.05, 3.63) is 47.7 Å². The largest absolute Gasteiger partial charge is 0.384 e. The van der Waals surface area contributed by atoms with Crippen LogP contribution in [0.5, 0.6) is 0 Å². The van der Waals surface area contributed by atoms with E-state index in [4.69, 9.17) is 17.3 Å². The quantitative estimate of drug-likeness (QED) is 0.716. The third-order valence-electron chi connectivity index (χ3n) is 2.58. The van der Waals surface area contributed by atoms with E-state index in [9.17, 15) is 0 Å². The smallest absolute Gasteiger partial charge is 0.127 e. The summed E-state index contributed by atoms with van der Waals surface area (Å²) in [4.78, 5) is 4.28. The molecule has 0 atom stereocenters. The Hall–Kier alpha value is -2.07. The molecule has 0 spiro atoms. The summed E-state index contributed by atoms with van der Waals surface area (Å²) >= 11 is 5.94. The zero-order valence-corrected chi connectivity index (χ0v) is 9.59. The maximum Gasteiger partial charge on any atom is 0.127 e. The summed E-state index contributed by atoms with van der Waals surface area (Å²) in [6.45, 7) is 0. The molecular weight excluding hydrogens is 236 g/mol. The second-order valence-electron chi connectivity index (χ2n) is 3.66. The van der Waals surface area contributed by atoms with Gasteiger partial charge in [0.15, 0.2) is 0 Å². The molecule has 5 heteroatoms. The zero-order valence-electron chi connectivity index (χ0n) is 8.84. The van der Waals surface area contributed by atoms with Gasteiger partial charge in [-0.1, -0.05) is 11.6 Å². The number of benzene rings is 1. The Morgan fingerprint density at radius 1 is 1.12 bits per heavy atom. The average Bonchev–Trinajstić information content (AvgIpc) is 2.74. The number of nitrogens with zero attached hydrogens (tertiary/aromatic N) is 3. The lowest BCUT2D eigenvalue weighted by Gasteiger charge is -2.07. The van der Waals surface area contributed by atoms with Crippen LogP contribution in [0.4, 0.5) is 5.82 Å². The van der Waals surface area contributed by atoms with Crippen molar-refractivity contribution in [2.24, 2.45) is 0 Å². The van der Waals surface area contributed by atoms with Gasteiger partial charge in [0, 0.05) is 22.7 Å². The Morgan fingerprint density at radius 2 is 2.00 bits per heavy atom. The van der Waals surface area contributed by atoms with Gasteiger partial charge in [-0.3, -0.25) is 4.98 Å². The molecular formula is C12H9ClN4. The lowest BCUT2D eigenvalue weighted by Crippen LogP contribution is -2.02. The Kier molecular flexibility index (Phi) is 2.23. The van der Waals surface area contributed by atoms with Crippen LogP contribution < -0.4 is 5.73 Å². The molecule has 0 aliphatic carbocycles. The number of nitrogens with two attached hydrogens (primary N) is 1. The van der Waals surface area contributed by atoms with E-state index in [-0.39, 0.29) is 0 Å². The first-order valence-electron chi connectivity index (χ1n) is 5.10. The molecule has 1 aromatic carbocycles. The Balaban J connectivity index is 2.34. The summed E-state index contributed by atoms with van der Waals surface area (Å²) in [6, 6.07) is 9.19. The molecule has 2 N–H and O–H groups in total. The van der Waals surface area contributed by atoms with Gasteiger partial charge in [-0.15, -0.1) is 0 Å². The van der Waals surface area contributed by atoms with Crippen molar-refractivity contribution >= 4 is 28.3 Å². The van der Waals surface area contributed by atoms with Gasteiger partial charge in [0.05, 0.1) is 17.4 Å². The predicted molar refractivity (Wildman–Crippen MR) is 68.3 cm³/mol. The average molecular weight is 245 g/mol. The van der Waals surface area contributed by atoms with Gasteiger partial charge in [0.2, 0.25) is 0 Å². The highest BCUT2D eigenvalue weighted by Gasteiger charge is 2.07. The Labute approximate surface area is 103 Å². The minimum Gasteiger partial charge on any atom is -0.384 e. The molecule has 0 unspecified atom stereocenters. The minimum atomic E-state index is 0.590. The van der Waals surface area contributed by atoms with Gasteiger partial charge in [-0.05, 0) is 24.3 Å².